The first-order valence-corrected chi connectivity index (χ1v) is 4.67. The maximum atomic E-state index is 12.5. The van der Waals surface area contributed by atoms with Crippen LogP contribution in [0.5, 0.6) is 5.75 Å². The molecule has 1 aromatic heterocycles. The summed E-state index contributed by atoms with van der Waals surface area (Å²) in [5.74, 6) is -0.576. The van der Waals surface area contributed by atoms with Crippen LogP contribution in [0.4, 0.5) is 14.5 Å². The Bertz CT molecular complexity index is 424. The number of nitrogens with zero attached hydrogens (tertiary/aromatic N) is 1. The number of esters is 1. The summed E-state index contributed by atoms with van der Waals surface area (Å²) in [7, 11) is 2.48. The molecule has 0 saturated heterocycles. The van der Waals surface area contributed by atoms with Crippen molar-refractivity contribution in [2.24, 2.45) is 0 Å². The van der Waals surface area contributed by atoms with Crippen LogP contribution < -0.4 is 10.5 Å². The number of ether oxygens (including phenoxy) is 2. The van der Waals surface area contributed by atoms with E-state index in [-0.39, 0.29) is 23.6 Å². The Morgan fingerprint density at radius 3 is 2.65 bits per heavy atom. The lowest BCUT2D eigenvalue weighted by Gasteiger charge is -2.12. The summed E-state index contributed by atoms with van der Waals surface area (Å²) in [5, 5.41) is 0. The summed E-state index contributed by atoms with van der Waals surface area (Å²) in [6, 6.07) is 0. The fourth-order valence-corrected chi connectivity index (χ4v) is 1.30. The van der Waals surface area contributed by atoms with Crippen molar-refractivity contribution in [3.05, 3.63) is 17.5 Å². The highest BCUT2D eigenvalue weighted by Crippen LogP contribution is 2.33. The molecule has 1 heterocycles. The van der Waals surface area contributed by atoms with Crippen LogP contribution in [0.15, 0.2) is 6.20 Å². The van der Waals surface area contributed by atoms with Crippen LogP contribution >= 0.6 is 0 Å². The van der Waals surface area contributed by atoms with E-state index in [1.807, 2.05) is 0 Å². The van der Waals surface area contributed by atoms with Gasteiger partial charge < -0.3 is 15.2 Å². The van der Waals surface area contributed by atoms with E-state index in [1.165, 1.54) is 14.2 Å². The number of nitrogens with two attached hydrogens (primary N) is 1. The number of anilines is 1. The van der Waals surface area contributed by atoms with Gasteiger partial charge in [0, 0.05) is 6.20 Å². The van der Waals surface area contributed by atoms with E-state index in [1.54, 1.807) is 0 Å². The van der Waals surface area contributed by atoms with Gasteiger partial charge in [0.15, 0.2) is 5.75 Å². The Labute approximate surface area is 96.5 Å². The predicted octanol–water partition coefficient (Wildman–Crippen LogP) is 1.33. The molecule has 2 N–H and O–H groups in total. The average molecular weight is 246 g/mol. The van der Waals surface area contributed by atoms with Crippen molar-refractivity contribution in [2.75, 3.05) is 20.0 Å². The van der Waals surface area contributed by atoms with Gasteiger partial charge in [-0.1, -0.05) is 0 Å². The average Bonchev–Trinajstić information content (AvgIpc) is 2.28. The highest BCUT2D eigenvalue weighted by Gasteiger charge is 2.20. The number of hydrogen-bond acceptors (Lipinski definition) is 5. The zero-order chi connectivity index (χ0) is 13.0. The van der Waals surface area contributed by atoms with Gasteiger partial charge in [-0.05, 0) is 0 Å². The van der Waals surface area contributed by atoms with Crippen LogP contribution in [-0.4, -0.2) is 25.2 Å². The fraction of sp³-hybridized carbons (Fsp3) is 0.400. The van der Waals surface area contributed by atoms with Crippen molar-refractivity contribution in [2.45, 2.75) is 12.8 Å². The molecule has 0 bridgehead atoms. The van der Waals surface area contributed by atoms with E-state index in [4.69, 9.17) is 10.5 Å². The van der Waals surface area contributed by atoms with Crippen molar-refractivity contribution < 1.29 is 23.0 Å². The first-order chi connectivity index (χ1) is 8.01. The van der Waals surface area contributed by atoms with Gasteiger partial charge in [0.1, 0.15) is 0 Å². The van der Waals surface area contributed by atoms with Crippen LogP contribution in [0.25, 0.3) is 0 Å². The Hall–Kier alpha value is -1.92. The molecule has 17 heavy (non-hydrogen) atoms. The zero-order valence-electron chi connectivity index (χ0n) is 9.37. The van der Waals surface area contributed by atoms with Gasteiger partial charge in [-0.15, -0.1) is 0 Å². The molecule has 0 amide bonds. The van der Waals surface area contributed by atoms with Crippen LogP contribution in [0.2, 0.25) is 0 Å². The maximum Gasteiger partial charge on any atom is 0.311 e. The van der Waals surface area contributed by atoms with Crippen molar-refractivity contribution in [3.63, 3.8) is 0 Å². The third kappa shape index (κ3) is 2.80. The molecule has 0 fully saturated rings. The number of hydrogen-bond donors (Lipinski definition) is 1. The first kappa shape index (κ1) is 13.1. The van der Waals surface area contributed by atoms with Gasteiger partial charge >= 0.3 is 5.97 Å². The van der Waals surface area contributed by atoms with Crippen molar-refractivity contribution in [1.82, 2.24) is 4.98 Å². The highest BCUT2D eigenvalue weighted by atomic mass is 19.3. The van der Waals surface area contributed by atoms with Crippen LogP contribution in [0.3, 0.4) is 0 Å². The summed E-state index contributed by atoms with van der Waals surface area (Å²) >= 11 is 0. The van der Waals surface area contributed by atoms with Crippen LogP contribution in [0.1, 0.15) is 17.7 Å². The minimum absolute atomic E-state index is 0.0202. The number of halogens is 2. The van der Waals surface area contributed by atoms with Gasteiger partial charge in [0.2, 0.25) is 0 Å². The molecular formula is C10H12F2N2O3. The smallest absolute Gasteiger partial charge is 0.311 e. The Kier molecular flexibility index (Phi) is 4.19. The molecule has 94 valence electrons. The van der Waals surface area contributed by atoms with E-state index < -0.39 is 18.0 Å². The monoisotopic (exact) mass is 246 g/mol. The summed E-state index contributed by atoms with van der Waals surface area (Å²) < 4.78 is 34.4. The van der Waals surface area contributed by atoms with E-state index in [9.17, 15) is 13.6 Å². The topological polar surface area (TPSA) is 74.4 Å². The lowest BCUT2D eigenvalue weighted by Crippen LogP contribution is -2.10. The van der Waals surface area contributed by atoms with E-state index in [0.29, 0.717) is 0 Å². The number of carbonyl (C=O) groups is 1. The Balaban J connectivity index is 3.16. The molecule has 1 rings (SSSR count). The molecule has 1 aromatic rings. The molecule has 0 unspecified atom stereocenters. The second kappa shape index (κ2) is 5.42. The second-order valence-electron chi connectivity index (χ2n) is 3.16. The van der Waals surface area contributed by atoms with E-state index in [2.05, 4.69) is 9.72 Å². The molecule has 0 aliphatic heterocycles. The molecule has 5 nitrogen and oxygen atoms in total. The highest BCUT2D eigenvalue weighted by molar-refractivity contribution is 5.74. The molecule has 0 radical (unpaired) electrons. The molecule has 0 spiro atoms. The third-order valence-corrected chi connectivity index (χ3v) is 2.16. The Morgan fingerprint density at radius 1 is 1.53 bits per heavy atom. The first-order valence-electron chi connectivity index (χ1n) is 4.67. The third-order valence-electron chi connectivity index (χ3n) is 2.16. The fourth-order valence-electron chi connectivity index (χ4n) is 1.30. The SMILES string of the molecule is COC(=O)Cc1ncc(C(F)F)c(N)c1OC. The van der Waals surface area contributed by atoms with Gasteiger partial charge in [-0.3, -0.25) is 9.78 Å². The van der Waals surface area contributed by atoms with Crippen molar-refractivity contribution >= 4 is 11.7 Å². The van der Waals surface area contributed by atoms with Gasteiger partial charge in [-0.2, -0.15) is 0 Å². The summed E-state index contributed by atoms with van der Waals surface area (Å²) in [5.41, 5.74) is 5.05. The van der Waals surface area contributed by atoms with Crippen molar-refractivity contribution in [1.29, 1.82) is 0 Å². The lowest BCUT2D eigenvalue weighted by molar-refractivity contribution is -0.139. The zero-order valence-corrected chi connectivity index (χ0v) is 9.37. The number of pyridine rings is 1. The van der Waals surface area contributed by atoms with Crippen LogP contribution in [-0.2, 0) is 16.0 Å². The minimum atomic E-state index is -2.75. The molecule has 0 atom stereocenters. The van der Waals surface area contributed by atoms with E-state index in [0.717, 1.165) is 6.20 Å². The van der Waals surface area contributed by atoms with E-state index >= 15 is 0 Å². The largest absolute Gasteiger partial charge is 0.493 e. The molecule has 0 aliphatic carbocycles. The molecular weight excluding hydrogens is 234 g/mol. The number of nitrogen functional groups attached to an aromatic ring is 1. The maximum absolute atomic E-state index is 12.5. The quantitative estimate of drug-likeness (QED) is 0.811. The van der Waals surface area contributed by atoms with Crippen molar-refractivity contribution in [3.8, 4) is 5.75 Å². The molecule has 0 aromatic carbocycles. The number of carbonyl (C=O) groups excluding carboxylic acids is 1. The standard InChI is InChI=1S/C10H12F2N2O3/c1-16-7(15)3-6-9(17-2)8(13)5(4-14-6)10(11)12/h4,10H,3H2,1-2H3,(H2,13,14). The molecule has 7 heteroatoms. The number of rotatable bonds is 4. The summed E-state index contributed by atoms with van der Waals surface area (Å²) in [6.45, 7) is 0. The minimum Gasteiger partial charge on any atom is -0.493 e. The lowest BCUT2D eigenvalue weighted by atomic mass is 10.1. The number of methoxy groups -OCH3 is 2. The summed E-state index contributed by atoms with van der Waals surface area (Å²) in [6.07, 6.45) is -2.00. The number of aromatic nitrogens is 1. The van der Waals surface area contributed by atoms with Gasteiger partial charge in [0.25, 0.3) is 6.43 Å². The van der Waals surface area contributed by atoms with Gasteiger partial charge in [0.05, 0.1) is 37.6 Å². The predicted molar refractivity (Wildman–Crippen MR) is 55.9 cm³/mol. The molecule has 0 aliphatic rings. The summed E-state index contributed by atoms with van der Waals surface area (Å²) in [4.78, 5) is 14.8. The molecule has 0 saturated carbocycles. The van der Waals surface area contributed by atoms with Crippen LogP contribution in [0, 0.1) is 0 Å². The Morgan fingerprint density at radius 2 is 2.18 bits per heavy atom. The normalized spacial score (nSPS) is 10.4. The van der Waals surface area contributed by atoms with Gasteiger partial charge in [-0.25, -0.2) is 8.78 Å². The number of alkyl halides is 2. The second-order valence-corrected chi connectivity index (χ2v) is 3.16.